The predicted molar refractivity (Wildman–Crippen MR) is 78.3 cm³/mol. The van der Waals surface area contributed by atoms with Crippen molar-refractivity contribution in [2.75, 3.05) is 6.61 Å². The molecule has 0 spiro atoms. The monoisotopic (exact) mass is 310 g/mol. The maximum atomic E-state index is 12.1. The molecule has 0 fully saturated rings. The SMILES string of the molecule is CCOC(=O)c1c(/C=C/C(=O)O)cccc1C(Cl)C(C)=O. The van der Waals surface area contributed by atoms with E-state index in [9.17, 15) is 14.4 Å². The largest absolute Gasteiger partial charge is 0.478 e. The smallest absolute Gasteiger partial charge is 0.339 e. The first-order valence-corrected chi connectivity index (χ1v) is 6.67. The van der Waals surface area contributed by atoms with Gasteiger partial charge in [0, 0.05) is 6.08 Å². The number of halogens is 1. The van der Waals surface area contributed by atoms with Gasteiger partial charge >= 0.3 is 11.9 Å². The highest BCUT2D eigenvalue weighted by Gasteiger charge is 2.23. The van der Waals surface area contributed by atoms with Crippen LogP contribution in [-0.2, 0) is 14.3 Å². The zero-order valence-electron chi connectivity index (χ0n) is 11.6. The average Bonchev–Trinajstić information content (AvgIpc) is 2.43. The second-order valence-electron chi connectivity index (χ2n) is 4.18. The number of carbonyl (C=O) groups is 3. The topological polar surface area (TPSA) is 80.7 Å². The fourth-order valence-corrected chi connectivity index (χ4v) is 1.94. The normalized spacial score (nSPS) is 12.1. The van der Waals surface area contributed by atoms with Crippen molar-refractivity contribution >= 4 is 35.4 Å². The first-order chi connectivity index (χ1) is 9.88. The number of hydrogen-bond acceptors (Lipinski definition) is 4. The van der Waals surface area contributed by atoms with Crippen LogP contribution < -0.4 is 0 Å². The summed E-state index contributed by atoms with van der Waals surface area (Å²) in [5, 5.41) is 7.69. The lowest BCUT2D eigenvalue weighted by Gasteiger charge is -2.14. The molecule has 1 aromatic carbocycles. The average molecular weight is 311 g/mol. The van der Waals surface area contributed by atoms with Crippen molar-refractivity contribution in [3.05, 3.63) is 41.0 Å². The molecule has 21 heavy (non-hydrogen) atoms. The van der Waals surface area contributed by atoms with Gasteiger partial charge in [0.25, 0.3) is 0 Å². The summed E-state index contributed by atoms with van der Waals surface area (Å²) in [7, 11) is 0. The van der Waals surface area contributed by atoms with Gasteiger partial charge in [0.1, 0.15) is 5.38 Å². The molecule has 0 aliphatic rings. The third-order valence-corrected chi connectivity index (χ3v) is 3.19. The van der Waals surface area contributed by atoms with Crippen molar-refractivity contribution in [2.24, 2.45) is 0 Å². The minimum absolute atomic E-state index is 0.104. The van der Waals surface area contributed by atoms with E-state index in [1.54, 1.807) is 25.1 Å². The number of hydrogen-bond donors (Lipinski definition) is 1. The van der Waals surface area contributed by atoms with E-state index in [-0.39, 0.29) is 18.0 Å². The molecule has 0 heterocycles. The number of carboxylic acids is 1. The molecular weight excluding hydrogens is 296 g/mol. The zero-order valence-corrected chi connectivity index (χ0v) is 12.4. The summed E-state index contributed by atoms with van der Waals surface area (Å²) in [6.45, 7) is 3.12. The molecule has 6 heteroatoms. The van der Waals surface area contributed by atoms with Gasteiger partial charge in [0.15, 0.2) is 5.78 Å². The molecule has 0 amide bonds. The van der Waals surface area contributed by atoms with E-state index < -0.39 is 17.3 Å². The predicted octanol–water partition coefficient (Wildman–Crippen LogP) is 2.83. The number of esters is 1. The molecule has 1 unspecified atom stereocenters. The molecule has 5 nitrogen and oxygen atoms in total. The third kappa shape index (κ3) is 4.43. The summed E-state index contributed by atoms with van der Waals surface area (Å²) < 4.78 is 4.96. The fraction of sp³-hybridized carbons (Fsp3) is 0.267. The van der Waals surface area contributed by atoms with Crippen LogP contribution in [0.4, 0.5) is 0 Å². The number of carboxylic acid groups (broad SMARTS) is 1. The van der Waals surface area contributed by atoms with E-state index in [1.165, 1.54) is 13.0 Å². The number of ether oxygens (including phenoxy) is 1. The van der Waals surface area contributed by atoms with Gasteiger partial charge in [0.2, 0.25) is 0 Å². The quantitative estimate of drug-likeness (QED) is 0.496. The van der Waals surface area contributed by atoms with Crippen LogP contribution in [0.1, 0.15) is 40.7 Å². The summed E-state index contributed by atoms with van der Waals surface area (Å²) in [5.74, 6) is -2.11. The van der Waals surface area contributed by atoms with Crippen LogP contribution >= 0.6 is 11.6 Å². The molecule has 0 radical (unpaired) electrons. The van der Waals surface area contributed by atoms with Crippen molar-refractivity contribution < 1.29 is 24.2 Å². The van der Waals surface area contributed by atoms with Crippen LogP contribution in [0.3, 0.4) is 0 Å². The number of ketones is 1. The summed E-state index contributed by atoms with van der Waals surface area (Å²) in [4.78, 5) is 34.2. The Balaban J connectivity index is 3.43. The van der Waals surface area contributed by atoms with E-state index in [4.69, 9.17) is 21.4 Å². The van der Waals surface area contributed by atoms with Gasteiger partial charge in [-0.3, -0.25) is 4.79 Å². The zero-order chi connectivity index (χ0) is 16.0. The Hall–Kier alpha value is -2.14. The summed E-state index contributed by atoms with van der Waals surface area (Å²) in [6.07, 6.45) is 2.17. The number of carbonyl (C=O) groups excluding carboxylic acids is 2. The van der Waals surface area contributed by atoms with Crippen molar-refractivity contribution in [3.63, 3.8) is 0 Å². The van der Waals surface area contributed by atoms with Gasteiger partial charge in [-0.2, -0.15) is 0 Å². The number of Topliss-reactive ketones (excluding diaryl/α,β-unsaturated/α-hetero) is 1. The first-order valence-electron chi connectivity index (χ1n) is 6.24. The van der Waals surface area contributed by atoms with Crippen LogP contribution in [0.25, 0.3) is 6.08 Å². The Labute approximate surface area is 127 Å². The Kier molecular flexibility index (Phi) is 6.11. The molecule has 0 saturated carbocycles. The Morgan fingerprint density at radius 2 is 2.05 bits per heavy atom. The highest BCUT2D eigenvalue weighted by Crippen LogP contribution is 2.28. The minimum Gasteiger partial charge on any atom is -0.478 e. The van der Waals surface area contributed by atoms with Gasteiger partial charge in [0.05, 0.1) is 12.2 Å². The van der Waals surface area contributed by atoms with Crippen LogP contribution in [0.15, 0.2) is 24.3 Å². The van der Waals surface area contributed by atoms with Gasteiger partial charge in [-0.25, -0.2) is 9.59 Å². The molecule has 112 valence electrons. The summed E-state index contributed by atoms with van der Waals surface area (Å²) in [6, 6.07) is 4.69. The summed E-state index contributed by atoms with van der Waals surface area (Å²) >= 11 is 6.03. The molecule has 0 saturated heterocycles. The summed E-state index contributed by atoms with van der Waals surface area (Å²) in [5.41, 5.74) is 0.738. The van der Waals surface area contributed by atoms with Crippen LogP contribution in [-0.4, -0.2) is 29.4 Å². The molecule has 0 aliphatic carbocycles. The van der Waals surface area contributed by atoms with Crippen molar-refractivity contribution in [1.82, 2.24) is 0 Å². The van der Waals surface area contributed by atoms with Crippen molar-refractivity contribution in [3.8, 4) is 0 Å². The van der Waals surface area contributed by atoms with Crippen LogP contribution in [0, 0.1) is 0 Å². The van der Waals surface area contributed by atoms with E-state index in [1.807, 2.05) is 0 Å². The lowest BCUT2D eigenvalue weighted by molar-refractivity contribution is -0.131. The minimum atomic E-state index is -1.15. The Bertz CT molecular complexity index is 592. The van der Waals surface area contributed by atoms with Gasteiger partial charge in [-0.15, -0.1) is 11.6 Å². The van der Waals surface area contributed by atoms with Crippen molar-refractivity contribution in [2.45, 2.75) is 19.2 Å². The lowest BCUT2D eigenvalue weighted by Crippen LogP contribution is -2.14. The molecule has 0 bridgehead atoms. The number of aliphatic carboxylic acids is 1. The fourth-order valence-electron chi connectivity index (χ4n) is 1.76. The van der Waals surface area contributed by atoms with E-state index in [0.717, 1.165) is 6.08 Å². The van der Waals surface area contributed by atoms with Crippen LogP contribution in [0.5, 0.6) is 0 Å². The van der Waals surface area contributed by atoms with Gasteiger partial charge in [-0.05, 0) is 31.1 Å². The molecule has 1 aromatic rings. The van der Waals surface area contributed by atoms with E-state index in [0.29, 0.717) is 11.1 Å². The maximum absolute atomic E-state index is 12.1. The highest BCUT2D eigenvalue weighted by molar-refractivity contribution is 6.31. The first kappa shape index (κ1) is 16.9. The third-order valence-electron chi connectivity index (χ3n) is 2.64. The number of alkyl halides is 1. The molecular formula is C15H15ClO5. The van der Waals surface area contributed by atoms with Crippen molar-refractivity contribution in [1.29, 1.82) is 0 Å². The maximum Gasteiger partial charge on any atom is 0.339 e. The van der Waals surface area contributed by atoms with Crippen LogP contribution in [0.2, 0.25) is 0 Å². The van der Waals surface area contributed by atoms with E-state index >= 15 is 0 Å². The molecule has 1 atom stereocenters. The Morgan fingerprint density at radius 3 is 2.57 bits per heavy atom. The standard InChI is InChI=1S/C15H15ClO5/c1-3-21-15(20)13-10(7-8-12(18)19)5-4-6-11(13)14(16)9(2)17/h4-8,14H,3H2,1-2H3,(H,18,19)/b8-7+. The molecule has 1 rings (SSSR count). The molecule has 0 aliphatic heterocycles. The second kappa shape index (κ2) is 7.59. The molecule has 0 aromatic heterocycles. The molecule has 1 N–H and O–H groups in total. The van der Waals surface area contributed by atoms with E-state index in [2.05, 4.69) is 0 Å². The second-order valence-corrected chi connectivity index (χ2v) is 4.61. The van der Waals surface area contributed by atoms with Gasteiger partial charge < -0.3 is 9.84 Å². The van der Waals surface area contributed by atoms with Gasteiger partial charge in [-0.1, -0.05) is 18.2 Å². The number of rotatable bonds is 6. The number of benzene rings is 1. The Morgan fingerprint density at radius 1 is 1.38 bits per heavy atom. The lowest BCUT2D eigenvalue weighted by atomic mass is 9.96. The highest BCUT2D eigenvalue weighted by atomic mass is 35.5.